The van der Waals surface area contributed by atoms with Gasteiger partial charge in [-0.05, 0) is 26.6 Å². The van der Waals surface area contributed by atoms with Crippen molar-refractivity contribution in [3.63, 3.8) is 0 Å². The molecular formula is C16H22ClN3O. The minimum atomic E-state index is -0.649. The summed E-state index contributed by atoms with van der Waals surface area (Å²) in [5.74, 6) is 0. The Bertz CT molecular complexity index is 595. The van der Waals surface area contributed by atoms with Crippen LogP contribution in [0.4, 0.5) is 0 Å². The van der Waals surface area contributed by atoms with E-state index in [-0.39, 0.29) is 0 Å². The third-order valence-corrected chi connectivity index (χ3v) is 3.71. The zero-order valence-corrected chi connectivity index (χ0v) is 13.5. The molecule has 2 aromatic rings. The van der Waals surface area contributed by atoms with Crippen molar-refractivity contribution in [2.24, 2.45) is 0 Å². The molecule has 1 atom stereocenters. The second-order valence-electron chi connectivity index (χ2n) is 5.61. The van der Waals surface area contributed by atoms with Gasteiger partial charge >= 0.3 is 0 Å². The molecule has 0 aliphatic carbocycles. The third kappa shape index (κ3) is 4.30. The fraction of sp³-hybridized carbons (Fsp3) is 0.438. The van der Waals surface area contributed by atoms with Gasteiger partial charge < -0.3 is 10.0 Å². The first-order valence-corrected chi connectivity index (χ1v) is 7.44. The van der Waals surface area contributed by atoms with E-state index in [1.807, 2.05) is 39.2 Å². The molecular weight excluding hydrogens is 286 g/mol. The van der Waals surface area contributed by atoms with Crippen LogP contribution in [0.3, 0.4) is 0 Å². The maximum absolute atomic E-state index is 10.5. The van der Waals surface area contributed by atoms with Crippen LogP contribution in [0.1, 0.15) is 22.9 Å². The van der Waals surface area contributed by atoms with Crippen molar-refractivity contribution in [3.8, 4) is 0 Å². The Hall–Kier alpha value is -1.36. The van der Waals surface area contributed by atoms with Gasteiger partial charge in [0.15, 0.2) is 0 Å². The Labute approximate surface area is 131 Å². The number of hydrogen-bond donors (Lipinski definition) is 1. The molecule has 21 heavy (non-hydrogen) atoms. The molecule has 0 bridgehead atoms. The highest BCUT2D eigenvalue weighted by Crippen LogP contribution is 2.26. The Morgan fingerprint density at radius 3 is 2.81 bits per heavy atom. The second kappa shape index (κ2) is 7.07. The molecule has 0 aliphatic heterocycles. The molecule has 1 unspecified atom stereocenters. The van der Waals surface area contributed by atoms with Crippen LogP contribution < -0.4 is 0 Å². The van der Waals surface area contributed by atoms with Gasteiger partial charge in [-0.15, -0.1) is 0 Å². The topological polar surface area (TPSA) is 41.3 Å². The molecule has 2 rings (SSSR count). The van der Waals surface area contributed by atoms with Gasteiger partial charge in [-0.25, -0.2) is 0 Å². The standard InChI is InChI=1S/C16H22ClN3O/c1-12-5-4-6-13(9-12)10-15(21)16-14(17)11-18-20(16)8-7-19(2)3/h4-6,9,11,15,21H,7-8,10H2,1-3H3. The third-order valence-electron chi connectivity index (χ3n) is 3.42. The lowest BCUT2D eigenvalue weighted by molar-refractivity contribution is 0.165. The molecule has 0 amide bonds. The summed E-state index contributed by atoms with van der Waals surface area (Å²) in [5.41, 5.74) is 2.98. The number of aromatic nitrogens is 2. The Kier molecular flexibility index (Phi) is 5.39. The monoisotopic (exact) mass is 307 g/mol. The smallest absolute Gasteiger partial charge is 0.101 e. The van der Waals surface area contributed by atoms with Crippen molar-refractivity contribution in [2.45, 2.75) is 26.0 Å². The molecule has 1 aromatic heterocycles. The molecule has 5 heteroatoms. The van der Waals surface area contributed by atoms with Gasteiger partial charge in [0.2, 0.25) is 0 Å². The summed E-state index contributed by atoms with van der Waals surface area (Å²) in [6.45, 7) is 3.60. The van der Waals surface area contributed by atoms with Gasteiger partial charge in [0.25, 0.3) is 0 Å². The first kappa shape index (κ1) is 16.0. The van der Waals surface area contributed by atoms with Crippen LogP contribution in [0.2, 0.25) is 5.02 Å². The van der Waals surface area contributed by atoms with Crippen LogP contribution >= 0.6 is 11.6 Å². The molecule has 0 saturated heterocycles. The van der Waals surface area contributed by atoms with Crippen LogP contribution in [0.25, 0.3) is 0 Å². The summed E-state index contributed by atoms with van der Waals surface area (Å²) in [4.78, 5) is 2.08. The zero-order chi connectivity index (χ0) is 15.4. The highest BCUT2D eigenvalue weighted by molar-refractivity contribution is 6.31. The van der Waals surface area contributed by atoms with E-state index in [1.165, 1.54) is 5.56 Å². The minimum absolute atomic E-state index is 0.522. The van der Waals surface area contributed by atoms with E-state index >= 15 is 0 Å². The van der Waals surface area contributed by atoms with Gasteiger partial charge in [0, 0.05) is 13.0 Å². The van der Waals surface area contributed by atoms with E-state index in [1.54, 1.807) is 10.9 Å². The predicted octanol–water partition coefficient (Wildman–Crippen LogP) is 2.68. The van der Waals surface area contributed by atoms with Crippen LogP contribution in [0.5, 0.6) is 0 Å². The molecule has 0 radical (unpaired) electrons. The first-order valence-electron chi connectivity index (χ1n) is 7.07. The normalized spacial score (nSPS) is 12.9. The van der Waals surface area contributed by atoms with Crippen molar-refractivity contribution in [2.75, 3.05) is 20.6 Å². The van der Waals surface area contributed by atoms with Crippen molar-refractivity contribution in [3.05, 3.63) is 52.3 Å². The second-order valence-corrected chi connectivity index (χ2v) is 6.02. The van der Waals surface area contributed by atoms with Crippen molar-refractivity contribution < 1.29 is 5.11 Å². The van der Waals surface area contributed by atoms with Gasteiger partial charge in [0.1, 0.15) is 6.10 Å². The number of nitrogens with zero attached hydrogens (tertiary/aromatic N) is 3. The number of aliphatic hydroxyl groups excluding tert-OH is 1. The number of aliphatic hydroxyl groups is 1. The molecule has 0 saturated carbocycles. The van der Waals surface area contributed by atoms with Crippen molar-refractivity contribution in [1.29, 1.82) is 0 Å². The van der Waals surface area contributed by atoms with Crippen LogP contribution in [-0.4, -0.2) is 40.4 Å². The highest BCUT2D eigenvalue weighted by atomic mass is 35.5. The lowest BCUT2D eigenvalue weighted by Gasteiger charge is -2.16. The first-order chi connectivity index (χ1) is 9.97. The van der Waals surface area contributed by atoms with E-state index in [4.69, 9.17) is 11.6 Å². The zero-order valence-electron chi connectivity index (χ0n) is 12.8. The van der Waals surface area contributed by atoms with Crippen molar-refractivity contribution in [1.82, 2.24) is 14.7 Å². The van der Waals surface area contributed by atoms with Gasteiger partial charge in [-0.2, -0.15) is 5.10 Å². The van der Waals surface area contributed by atoms with E-state index < -0.39 is 6.10 Å². The molecule has 1 heterocycles. The van der Waals surface area contributed by atoms with E-state index in [2.05, 4.69) is 16.1 Å². The van der Waals surface area contributed by atoms with Crippen LogP contribution in [-0.2, 0) is 13.0 Å². The lowest BCUT2D eigenvalue weighted by Crippen LogP contribution is -2.21. The number of aryl methyl sites for hydroxylation is 1. The van der Waals surface area contributed by atoms with Crippen molar-refractivity contribution >= 4 is 11.6 Å². The van der Waals surface area contributed by atoms with Gasteiger partial charge in [0.05, 0.1) is 23.5 Å². The minimum Gasteiger partial charge on any atom is -0.386 e. The van der Waals surface area contributed by atoms with Gasteiger partial charge in [-0.3, -0.25) is 4.68 Å². The molecule has 0 spiro atoms. The average molecular weight is 308 g/mol. The summed E-state index contributed by atoms with van der Waals surface area (Å²) in [6.07, 6.45) is 1.49. The summed E-state index contributed by atoms with van der Waals surface area (Å²) < 4.78 is 1.79. The largest absolute Gasteiger partial charge is 0.386 e. The fourth-order valence-electron chi connectivity index (χ4n) is 2.34. The Morgan fingerprint density at radius 2 is 2.14 bits per heavy atom. The number of likely N-dealkylation sites (N-methyl/N-ethyl adjacent to an activating group) is 1. The van der Waals surface area contributed by atoms with E-state index in [0.717, 1.165) is 12.1 Å². The number of halogens is 1. The molecule has 114 valence electrons. The number of benzene rings is 1. The van der Waals surface area contributed by atoms with Gasteiger partial charge in [-0.1, -0.05) is 41.4 Å². The SMILES string of the molecule is Cc1cccc(CC(O)c2c(Cl)cnn2CCN(C)C)c1. The summed E-state index contributed by atoms with van der Waals surface area (Å²) in [7, 11) is 4.02. The molecule has 4 nitrogen and oxygen atoms in total. The van der Waals surface area contributed by atoms with Crippen LogP contribution in [0.15, 0.2) is 30.5 Å². The molecule has 1 N–H and O–H groups in total. The molecule has 0 fully saturated rings. The average Bonchev–Trinajstić information content (AvgIpc) is 2.77. The van der Waals surface area contributed by atoms with E-state index in [9.17, 15) is 5.11 Å². The maximum Gasteiger partial charge on any atom is 0.101 e. The number of hydrogen-bond acceptors (Lipinski definition) is 3. The summed E-state index contributed by atoms with van der Waals surface area (Å²) >= 11 is 6.20. The fourth-order valence-corrected chi connectivity index (χ4v) is 2.60. The number of rotatable bonds is 6. The summed E-state index contributed by atoms with van der Waals surface area (Å²) in [6, 6.07) is 8.15. The van der Waals surface area contributed by atoms with Crippen LogP contribution in [0, 0.1) is 6.92 Å². The Balaban J connectivity index is 2.14. The van der Waals surface area contributed by atoms with E-state index in [0.29, 0.717) is 23.7 Å². The molecule has 0 aliphatic rings. The quantitative estimate of drug-likeness (QED) is 0.892. The summed E-state index contributed by atoms with van der Waals surface area (Å²) in [5, 5.41) is 15.3. The highest BCUT2D eigenvalue weighted by Gasteiger charge is 2.18. The lowest BCUT2D eigenvalue weighted by atomic mass is 10.0. The maximum atomic E-state index is 10.5. The predicted molar refractivity (Wildman–Crippen MR) is 85.6 cm³/mol. The Morgan fingerprint density at radius 1 is 1.38 bits per heavy atom. The molecule has 1 aromatic carbocycles.